The molecule has 0 aliphatic carbocycles. The van der Waals surface area contributed by atoms with E-state index in [1.807, 2.05) is 27.8 Å². The Kier molecular flexibility index (Phi) is 14.6. The molecule has 1 amide bonds. The predicted molar refractivity (Wildman–Crippen MR) is 113 cm³/mol. The van der Waals surface area contributed by atoms with Gasteiger partial charge in [-0.3, -0.25) is 4.79 Å². The van der Waals surface area contributed by atoms with Crippen LogP contribution in [0.5, 0.6) is 0 Å². The summed E-state index contributed by atoms with van der Waals surface area (Å²) in [7, 11) is -2.44. The van der Waals surface area contributed by atoms with Gasteiger partial charge in [-0.05, 0) is 19.1 Å². The summed E-state index contributed by atoms with van der Waals surface area (Å²) >= 11 is 0. The Morgan fingerprint density at radius 2 is 1.64 bits per heavy atom. The van der Waals surface area contributed by atoms with E-state index in [0.717, 1.165) is 36.5 Å². The average molecular weight is 411 g/mol. The molecule has 1 aromatic carbocycles. The third-order valence-corrected chi connectivity index (χ3v) is 4.50. The Hall–Kier alpha value is -2.38. The van der Waals surface area contributed by atoms with Crippen molar-refractivity contribution in [1.29, 1.82) is 0 Å². The van der Waals surface area contributed by atoms with Crippen LogP contribution in [0.1, 0.15) is 38.7 Å². The molecule has 1 aromatic rings. The zero-order valence-corrected chi connectivity index (χ0v) is 18.2. The summed E-state index contributed by atoms with van der Waals surface area (Å²) in [6, 6.07) is 5.78. The van der Waals surface area contributed by atoms with Gasteiger partial charge in [0.2, 0.25) is 5.91 Å². The standard InChI is InChI=1S/C10H17NO2.C7H8O3S.2C2H4/c1-4-9-8(6-7-13-9)11(3)10(12)5-2;1-6-2-4-7(5-3-6)11(8,9)10;2*1-2/h4-7H2,1-3H3;2-5H,1H3,(H,8,9,10);2*1-2H2/p-1. The summed E-state index contributed by atoms with van der Waals surface area (Å²) in [5.74, 6) is 1.13. The molecule has 1 aliphatic heterocycles. The second kappa shape index (κ2) is 14.6. The van der Waals surface area contributed by atoms with Gasteiger partial charge in [0.15, 0.2) is 0 Å². The van der Waals surface area contributed by atoms with Crippen LogP contribution in [0.25, 0.3) is 0 Å². The Balaban J connectivity index is 0. The van der Waals surface area contributed by atoms with Crippen molar-refractivity contribution >= 4 is 16.0 Å². The Morgan fingerprint density at radius 1 is 1.14 bits per heavy atom. The molecule has 2 rings (SSSR count). The normalized spacial score (nSPS) is 12.2. The average Bonchev–Trinajstić information content (AvgIpc) is 3.19. The van der Waals surface area contributed by atoms with Gasteiger partial charge in [0.05, 0.1) is 17.2 Å². The van der Waals surface area contributed by atoms with Gasteiger partial charge in [-0.1, -0.05) is 31.5 Å². The van der Waals surface area contributed by atoms with E-state index in [1.54, 1.807) is 17.0 Å². The van der Waals surface area contributed by atoms with E-state index < -0.39 is 10.1 Å². The van der Waals surface area contributed by atoms with E-state index in [-0.39, 0.29) is 10.8 Å². The molecule has 0 saturated heterocycles. The summed E-state index contributed by atoms with van der Waals surface area (Å²) in [4.78, 5) is 12.9. The molecule has 0 radical (unpaired) electrons. The van der Waals surface area contributed by atoms with Gasteiger partial charge in [-0.2, -0.15) is 0 Å². The molecule has 0 unspecified atom stereocenters. The Labute approximate surface area is 170 Å². The fourth-order valence-electron chi connectivity index (χ4n) is 2.25. The van der Waals surface area contributed by atoms with Crippen molar-refractivity contribution < 1.29 is 22.5 Å². The van der Waals surface area contributed by atoms with Crippen LogP contribution in [0.3, 0.4) is 0 Å². The lowest BCUT2D eigenvalue weighted by atomic mass is 10.2. The van der Waals surface area contributed by atoms with Gasteiger partial charge in [0.25, 0.3) is 0 Å². The summed E-state index contributed by atoms with van der Waals surface area (Å²) in [6.45, 7) is 18.5. The lowest BCUT2D eigenvalue weighted by molar-refractivity contribution is -0.127. The molecular formula is C21H32NO5S-. The largest absolute Gasteiger partial charge is 0.744 e. The molecule has 0 bridgehead atoms. The minimum atomic E-state index is -4.27. The number of carbonyl (C=O) groups is 1. The van der Waals surface area contributed by atoms with Crippen molar-refractivity contribution in [1.82, 2.24) is 4.90 Å². The van der Waals surface area contributed by atoms with Gasteiger partial charge in [-0.15, -0.1) is 26.3 Å². The van der Waals surface area contributed by atoms with Gasteiger partial charge in [0, 0.05) is 26.3 Å². The topological polar surface area (TPSA) is 86.7 Å². The number of allylic oxidation sites excluding steroid dienone is 1. The highest BCUT2D eigenvalue weighted by molar-refractivity contribution is 7.85. The zero-order chi connectivity index (χ0) is 22.3. The van der Waals surface area contributed by atoms with Crippen LogP contribution in [-0.4, -0.2) is 37.4 Å². The molecule has 0 fully saturated rings. The quantitative estimate of drug-likeness (QED) is 0.542. The fourth-order valence-corrected chi connectivity index (χ4v) is 2.72. The molecule has 1 aliphatic rings. The molecular weight excluding hydrogens is 378 g/mol. The monoisotopic (exact) mass is 410 g/mol. The minimum absolute atomic E-state index is 0.159. The van der Waals surface area contributed by atoms with Crippen LogP contribution in [0.15, 0.2) is 66.9 Å². The molecule has 7 heteroatoms. The second-order valence-electron chi connectivity index (χ2n) is 5.40. The Bertz CT molecular complexity index is 722. The number of nitrogens with zero attached hydrogens (tertiary/aromatic N) is 1. The van der Waals surface area contributed by atoms with E-state index in [0.29, 0.717) is 6.42 Å². The van der Waals surface area contributed by atoms with Crippen molar-refractivity contribution in [2.75, 3.05) is 13.7 Å². The van der Waals surface area contributed by atoms with E-state index in [9.17, 15) is 17.8 Å². The van der Waals surface area contributed by atoms with Crippen molar-refractivity contribution in [2.45, 2.75) is 44.9 Å². The number of amides is 1. The van der Waals surface area contributed by atoms with Crippen molar-refractivity contribution in [3.8, 4) is 0 Å². The summed E-state index contributed by atoms with van der Waals surface area (Å²) in [5, 5.41) is 0. The van der Waals surface area contributed by atoms with Gasteiger partial charge < -0.3 is 14.2 Å². The van der Waals surface area contributed by atoms with E-state index in [1.165, 1.54) is 12.1 Å². The molecule has 1 heterocycles. The first kappa shape index (κ1) is 27.8. The number of benzene rings is 1. The number of ether oxygens (including phenoxy) is 1. The summed E-state index contributed by atoms with van der Waals surface area (Å²) in [6.07, 6.45) is 2.29. The minimum Gasteiger partial charge on any atom is -0.744 e. The van der Waals surface area contributed by atoms with Crippen LogP contribution in [0, 0.1) is 6.92 Å². The maximum absolute atomic E-state index is 11.4. The third-order valence-electron chi connectivity index (χ3n) is 3.65. The first-order chi connectivity index (χ1) is 13.2. The number of hydrogen-bond acceptors (Lipinski definition) is 5. The van der Waals surface area contributed by atoms with Crippen molar-refractivity contribution in [3.63, 3.8) is 0 Å². The highest BCUT2D eigenvalue weighted by Gasteiger charge is 2.21. The number of rotatable bonds is 4. The maximum atomic E-state index is 11.4. The highest BCUT2D eigenvalue weighted by atomic mass is 32.2. The van der Waals surface area contributed by atoms with Crippen LogP contribution in [-0.2, 0) is 19.6 Å². The second-order valence-corrected chi connectivity index (χ2v) is 6.78. The summed E-state index contributed by atoms with van der Waals surface area (Å²) < 4.78 is 36.6. The van der Waals surface area contributed by atoms with Gasteiger partial charge >= 0.3 is 0 Å². The predicted octanol–water partition coefficient (Wildman–Crippen LogP) is 4.40. The molecule has 0 N–H and O–H groups in total. The molecule has 0 spiro atoms. The first-order valence-corrected chi connectivity index (χ1v) is 10.2. The van der Waals surface area contributed by atoms with Crippen molar-refractivity contribution in [3.05, 3.63) is 67.6 Å². The lowest BCUT2D eigenvalue weighted by Gasteiger charge is -2.17. The smallest absolute Gasteiger partial charge is 0.226 e. The van der Waals surface area contributed by atoms with Crippen LogP contribution in [0.4, 0.5) is 0 Å². The first-order valence-electron chi connectivity index (χ1n) is 8.84. The lowest BCUT2D eigenvalue weighted by Crippen LogP contribution is -2.25. The van der Waals surface area contributed by atoms with Crippen LogP contribution < -0.4 is 0 Å². The van der Waals surface area contributed by atoms with E-state index in [2.05, 4.69) is 26.3 Å². The number of carbonyl (C=O) groups excluding carboxylic acids is 1. The van der Waals surface area contributed by atoms with Gasteiger partial charge in [-0.25, -0.2) is 8.42 Å². The molecule has 0 atom stereocenters. The Morgan fingerprint density at radius 3 is 2.04 bits per heavy atom. The van der Waals surface area contributed by atoms with Crippen LogP contribution >= 0.6 is 0 Å². The van der Waals surface area contributed by atoms with Crippen LogP contribution in [0.2, 0.25) is 0 Å². The van der Waals surface area contributed by atoms with E-state index >= 15 is 0 Å². The number of hydrogen-bond donors (Lipinski definition) is 0. The molecule has 0 aromatic heterocycles. The number of aryl methyl sites for hydroxylation is 1. The molecule has 6 nitrogen and oxygen atoms in total. The zero-order valence-electron chi connectivity index (χ0n) is 17.4. The van der Waals surface area contributed by atoms with Gasteiger partial charge in [0.1, 0.15) is 15.9 Å². The molecule has 158 valence electrons. The SMILES string of the molecule is C=C.C=C.CCC(=O)N(C)C1=C(CC)OCC1.Cc1ccc(S(=O)(=O)[O-])cc1. The maximum Gasteiger partial charge on any atom is 0.226 e. The van der Waals surface area contributed by atoms with Crippen molar-refractivity contribution in [2.24, 2.45) is 0 Å². The summed E-state index contributed by atoms with van der Waals surface area (Å²) in [5.41, 5.74) is 1.99. The fraction of sp³-hybridized carbons (Fsp3) is 0.381. The third kappa shape index (κ3) is 9.53. The van der Waals surface area contributed by atoms with E-state index in [4.69, 9.17) is 4.74 Å². The highest BCUT2D eigenvalue weighted by Crippen LogP contribution is 2.24. The molecule has 28 heavy (non-hydrogen) atoms. The molecule has 0 saturated carbocycles.